The SMILES string of the molecule is Cc1cc(OCCC/C(=C\c2ccc(C(=O)O)c3c2ccn3C)c2ccc(Cl)c(-c3c(C)nn(C)c3C)c2NCCNC=O)cc(C)c1Cl. The Balaban J connectivity index is 1.65. The molecule has 1 amide bonds. The Morgan fingerprint density at radius 2 is 1.69 bits per heavy atom. The summed E-state index contributed by atoms with van der Waals surface area (Å²) in [6.45, 7) is 9.24. The second-order valence-corrected chi connectivity index (χ2v) is 13.0. The lowest BCUT2D eigenvalue weighted by Crippen LogP contribution is -2.21. The molecule has 0 saturated carbocycles. The number of carboxylic acids is 1. The van der Waals surface area contributed by atoms with Gasteiger partial charge >= 0.3 is 5.97 Å². The Morgan fingerprint density at radius 3 is 2.35 bits per heavy atom. The molecular formula is C38H41Cl2N5O4. The quantitative estimate of drug-likeness (QED) is 0.0610. The van der Waals surface area contributed by atoms with Gasteiger partial charge in [0.25, 0.3) is 0 Å². The summed E-state index contributed by atoms with van der Waals surface area (Å²) in [5, 5.41) is 23.0. The number of aryl methyl sites for hydroxylation is 5. The number of fused-ring (bicyclic) bond motifs is 1. The molecule has 2 aromatic heterocycles. The van der Waals surface area contributed by atoms with Crippen LogP contribution in [0.4, 0.5) is 5.69 Å². The van der Waals surface area contributed by atoms with Gasteiger partial charge in [-0.05, 0) is 93.1 Å². The third kappa shape index (κ3) is 7.48. The molecule has 0 radical (unpaired) electrons. The number of nitrogens with one attached hydrogen (secondary N) is 2. The minimum absolute atomic E-state index is 0.240. The van der Waals surface area contributed by atoms with Crippen LogP contribution in [-0.4, -0.2) is 51.5 Å². The maximum absolute atomic E-state index is 12.1. The van der Waals surface area contributed by atoms with E-state index in [1.54, 1.807) is 6.07 Å². The maximum atomic E-state index is 12.1. The van der Waals surface area contributed by atoms with Crippen molar-refractivity contribution in [2.75, 3.05) is 25.0 Å². The van der Waals surface area contributed by atoms with Gasteiger partial charge < -0.3 is 25.0 Å². The summed E-state index contributed by atoms with van der Waals surface area (Å²) in [5.74, 6) is -0.214. The fourth-order valence-corrected chi connectivity index (χ4v) is 6.74. The van der Waals surface area contributed by atoms with Crippen LogP contribution in [0.15, 0.2) is 48.7 Å². The second-order valence-electron chi connectivity index (χ2n) is 12.2. The number of hydrogen-bond donors (Lipinski definition) is 3. The number of carbonyl (C=O) groups excluding carboxylic acids is 1. The van der Waals surface area contributed by atoms with Crippen LogP contribution < -0.4 is 15.4 Å². The molecule has 0 aliphatic rings. The first kappa shape index (κ1) is 35.6. The summed E-state index contributed by atoms with van der Waals surface area (Å²) in [7, 11) is 3.76. The van der Waals surface area contributed by atoms with Gasteiger partial charge in [-0.3, -0.25) is 9.48 Å². The van der Waals surface area contributed by atoms with Gasteiger partial charge in [-0.2, -0.15) is 5.10 Å². The van der Waals surface area contributed by atoms with Crippen LogP contribution in [0.5, 0.6) is 5.75 Å². The number of allylic oxidation sites excluding steroid dienone is 1. The van der Waals surface area contributed by atoms with Gasteiger partial charge in [0.05, 0.1) is 34.1 Å². The van der Waals surface area contributed by atoms with Crippen molar-refractivity contribution in [3.8, 4) is 16.9 Å². The van der Waals surface area contributed by atoms with Crippen molar-refractivity contribution in [2.24, 2.45) is 14.1 Å². The van der Waals surface area contributed by atoms with Crippen LogP contribution in [0.3, 0.4) is 0 Å². The third-order valence-electron chi connectivity index (χ3n) is 8.81. The molecule has 0 spiro atoms. The third-order valence-corrected chi connectivity index (χ3v) is 9.72. The lowest BCUT2D eigenvalue weighted by molar-refractivity contribution is -0.109. The van der Waals surface area contributed by atoms with Crippen LogP contribution in [-0.2, 0) is 18.9 Å². The highest BCUT2D eigenvalue weighted by molar-refractivity contribution is 6.34. The van der Waals surface area contributed by atoms with Crippen molar-refractivity contribution in [2.45, 2.75) is 40.5 Å². The van der Waals surface area contributed by atoms with Gasteiger partial charge in [-0.25, -0.2) is 4.79 Å². The molecule has 3 aromatic carbocycles. The first-order valence-electron chi connectivity index (χ1n) is 16.1. The van der Waals surface area contributed by atoms with E-state index in [0.717, 1.165) is 72.2 Å². The predicted octanol–water partition coefficient (Wildman–Crippen LogP) is 8.38. The standard InChI is InChI=1S/C38H41Cl2N5O4/c1-22-18-28(19-23(2)35(22)40)49-17-7-8-26(20-27-9-10-31(38(47)48)37-30(27)13-16-44(37)5)29-11-12-32(39)34(36(29)42-15-14-41-21-46)33-24(3)43-45(6)25(33)4/h9-13,16,18-21,42H,7-8,14-15,17H2,1-6H3,(H,41,46)(H,47,48)/b26-20+. The van der Waals surface area contributed by atoms with Gasteiger partial charge in [0, 0.05) is 66.2 Å². The van der Waals surface area contributed by atoms with E-state index in [1.807, 2.05) is 93.6 Å². The summed E-state index contributed by atoms with van der Waals surface area (Å²) in [5.41, 5.74) is 10.0. The summed E-state index contributed by atoms with van der Waals surface area (Å²) in [6.07, 6.45) is 5.99. The smallest absolute Gasteiger partial charge is 0.337 e. The molecule has 49 heavy (non-hydrogen) atoms. The topological polar surface area (TPSA) is 110 Å². The van der Waals surface area contributed by atoms with Gasteiger partial charge in [-0.15, -0.1) is 0 Å². The number of amides is 1. The number of halogens is 2. The van der Waals surface area contributed by atoms with Crippen LogP contribution in [0.1, 0.15) is 56.8 Å². The number of ether oxygens (including phenoxy) is 1. The highest BCUT2D eigenvalue weighted by Gasteiger charge is 2.23. The zero-order valence-corrected chi connectivity index (χ0v) is 30.1. The van der Waals surface area contributed by atoms with E-state index in [1.165, 1.54) is 0 Å². The zero-order chi connectivity index (χ0) is 35.4. The van der Waals surface area contributed by atoms with Gasteiger partial charge in [0.1, 0.15) is 5.75 Å². The number of nitrogens with zero attached hydrogens (tertiary/aromatic N) is 3. The number of carbonyl (C=O) groups is 2. The number of aromatic nitrogens is 3. The average molecular weight is 703 g/mol. The molecule has 0 unspecified atom stereocenters. The molecule has 5 aromatic rings. The van der Waals surface area contributed by atoms with Crippen molar-refractivity contribution in [1.82, 2.24) is 19.7 Å². The zero-order valence-electron chi connectivity index (χ0n) is 28.6. The highest BCUT2D eigenvalue weighted by atomic mass is 35.5. The van der Waals surface area contributed by atoms with E-state index in [0.29, 0.717) is 49.5 Å². The van der Waals surface area contributed by atoms with Crippen LogP contribution >= 0.6 is 23.2 Å². The molecule has 2 heterocycles. The summed E-state index contributed by atoms with van der Waals surface area (Å²) >= 11 is 13.4. The van der Waals surface area contributed by atoms with Crippen molar-refractivity contribution >= 4 is 63.8 Å². The van der Waals surface area contributed by atoms with Crippen molar-refractivity contribution in [1.29, 1.82) is 0 Å². The lowest BCUT2D eigenvalue weighted by Gasteiger charge is -2.21. The Labute approximate surface area is 296 Å². The fraction of sp³-hybridized carbons (Fsp3) is 0.289. The first-order valence-corrected chi connectivity index (χ1v) is 16.8. The van der Waals surface area contributed by atoms with Crippen LogP contribution in [0, 0.1) is 27.7 Å². The predicted molar refractivity (Wildman–Crippen MR) is 199 cm³/mol. The van der Waals surface area contributed by atoms with Crippen LogP contribution in [0.2, 0.25) is 10.0 Å². The number of rotatable bonds is 14. The second kappa shape index (κ2) is 15.2. The molecule has 256 valence electrons. The largest absolute Gasteiger partial charge is 0.494 e. The Bertz CT molecular complexity index is 2060. The Kier molecular flexibility index (Phi) is 11.1. The Hall–Kier alpha value is -4.73. The highest BCUT2D eigenvalue weighted by Crippen LogP contribution is 2.44. The van der Waals surface area contributed by atoms with E-state index in [4.69, 9.17) is 27.9 Å². The summed E-state index contributed by atoms with van der Waals surface area (Å²) < 4.78 is 9.88. The number of anilines is 1. The minimum Gasteiger partial charge on any atom is -0.494 e. The van der Waals surface area contributed by atoms with E-state index < -0.39 is 5.97 Å². The molecule has 11 heteroatoms. The van der Waals surface area contributed by atoms with Crippen LogP contribution in [0.25, 0.3) is 33.7 Å². The van der Waals surface area contributed by atoms with E-state index in [2.05, 4.69) is 21.8 Å². The van der Waals surface area contributed by atoms with Gasteiger partial charge in [-0.1, -0.05) is 41.4 Å². The van der Waals surface area contributed by atoms with Crippen molar-refractivity contribution in [3.05, 3.63) is 97.9 Å². The maximum Gasteiger partial charge on any atom is 0.337 e. The molecule has 0 fully saturated rings. The summed E-state index contributed by atoms with van der Waals surface area (Å²) in [4.78, 5) is 23.2. The molecule has 0 saturated heterocycles. The number of aromatic carboxylic acids is 1. The molecule has 5 rings (SSSR count). The molecule has 0 aliphatic carbocycles. The monoisotopic (exact) mass is 701 g/mol. The van der Waals surface area contributed by atoms with E-state index >= 15 is 0 Å². The number of carboxylic acid groups (broad SMARTS) is 1. The van der Waals surface area contributed by atoms with E-state index in [-0.39, 0.29) is 5.56 Å². The van der Waals surface area contributed by atoms with Gasteiger partial charge in [0.15, 0.2) is 0 Å². The molecule has 9 nitrogen and oxygen atoms in total. The van der Waals surface area contributed by atoms with Crippen molar-refractivity contribution < 1.29 is 19.4 Å². The minimum atomic E-state index is -0.979. The normalized spacial score (nSPS) is 11.6. The number of benzene rings is 3. The first-order chi connectivity index (χ1) is 23.4. The van der Waals surface area contributed by atoms with Crippen molar-refractivity contribution in [3.63, 3.8) is 0 Å². The molecule has 0 atom stereocenters. The molecule has 0 aliphatic heterocycles. The molecule has 0 bridgehead atoms. The average Bonchev–Trinajstić information content (AvgIpc) is 3.57. The Morgan fingerprint density at radius 1 is 0.980 bits per heavy atom. The fourth-order valence-electron chi connectivity index (χ4n) is 6.38. The van der Waals surface area contributed by atoms with Gasteiger partial charge in [0.2, 0.25) is 6.41 Å². The molecular weight excluding hydrogens is 661 g/mol. The number of hydrogen-bond acceptors (Lipinski definition) is 5. The lowest BCUT2D eigenvalue weighted by atomic mass is 9.91. The summed E-state index contributed by atoms with van der Waals surface area (Å²) in [6, 6.07) is 13.3. The van der Waals surface area contributed by atoms with E-state index in [9.17, 15) is 14.7 Å². The molecule has 3 N–H and O–H groups in total.